The number of hydrogen-bond acceptors (Lipinski definition) is 3. The van der Waals surface area contributed by atoms with Gasteiger partial charge in [-0.2, -0.15) is 0 Å². The van der Waals surface area contributed by atoms with Crippen LogP contribution in [-0.2, 0) is 9.59 Å². The van der Waals surface area contributed by atoms with Crippen molar-refractivity contribution in [2.45, 2.75) is 38.5 Å². The molecule has 1 saturated carbocycles. The van der Waals surface area contributed by atoms with Gasteiger partial charge in [-0.3, -0.25) is 9.59 Å². The molecule has 0 aromatic rings. The maximum absolute atomic E-state index is 11.6. The van der Waals surface area contributed by atoms with Crippen LogP contribution in [0.15, 0.2) is 0 Å². The summed E-state index contributed by atoms with van der Waals surface area (Å²) in [6.07, 6.45) is 6.03. The predicted molar refractivity (Wildman–Crippen MR) is 71.1 cm³/mol. The van der Waals surface area contributed by atoms with Crippen LogP contribution in [0, 0.1) is 5.92 Å². The molecule has 0 aromatic carbocycles. The van der Waals surface area contributed by atoms with Gasteiger partial charge in [0, 0.05) is 32.5 Å². The molecule has 1 aliphatic carbocycles. The van der Waals surface area contributed by atoms with Crippen LogP contribution < -0.4 is 16.0 Å². The molecule has 0 atom stereocenters. The van der Waals surface area contributed by atoms with E-state index in [-0.39, 0.29) is 11.8 Å². The average Bonchev–Trinajstić information content (AvgIpc) is 2.85. The molecule has 3 N–H and O–H groups in total. The van der Waals surface area contributed by atoms with Gasteiger partial charge in [-0.1, -0.05) is 12.8 Å². The summed E-state index contributed by atoms with van der Waals surface area (Å²) >= 11 is 0. The molecule has 0 spiro atoms. The zero-order valence-electron chi connectivity index (χ0n) is 11.3. The molecular weight excluding hydrogens is 230 g/mol. The molecule has 104 valence electrons. The summed E-state index contributed by atoms with van der Waals surface area (Å²) in [7, 11) is 1.82. The standard InChI is InChI=1S/C13H25N3O2/c1-14-7-6-12(17)15-8-9-16-13(18)10-11-4-2-3-5-11/h11,14H,2-10H2,1H3,(H,15,17)(H,16,18). The molecule has 1 aliphatic rings. The second-order valence-electron chi connectivity index (χ2n) is 4.91. The van der Waals surface area contributed by atoms with Crippen LogP contribution in [0.1, 0.15) is 38.5 Å². The summed E-state index contributed by atoms with van der Waals surface area (Å²) in [6, 6.07) is 0. The summed E-state index contributed by atoms with van der Waals surface area (Å²) in [5, 5.41) is 8.54. The first-order valence-corrected chi connectivity index (χ1v) is 6.90. The predicted octanol–water partition coefficient (Wildman–Crippen LogP) is 0.409. The van der Waals surface area contributed by atoms with Gasteiger partial charge in [0.25, 0.3) is 0 Å². The number of nitrogens with one attached hydrogen (secondary N) is 3. The minimum Gasteiger partial charge on any atom is -0.354 e. The maximum Gasteiger partial charge on any atom is 0.221 e. The van der Waals surface area contributed by atoms with Gasteiger partial charge in [-0.25, -0.2) is 0 Å². The van der Waals surface area contributed by atoms with E-state index in [0.717, 1.165) is 0 Å². The van der Waals surface area contributed by atoms with Crippen molar-refractivity contribution in [3.8, 4) is 0 Å². The van der Waals surface area contributed by atoms with E-state index in [4.69, 9.17) is 0 Å². The van der Waals surface area contributed by atoms with E-state index >= 15 is 0 Å². The van der Waals surface area contributed by atoms with Crippen LogP contribution in [0.25, 0.3) is 0 Å². The van der Waals surface area contributed by atoms with Crippen molar-refractivity contribution in [1.29, 1.82) is 0 Å². The van der Waals surface area contributed by atoms with Gasteiger partial charge in [-0.15, -0.1) is 0 Å². The molecule has 0 aliphatic heterocycles. The van der Waals surface area contributed by atoms with E-state index in [2.05, 4.69) is 16.0 Å². The molecule has 0 bridgehead atoms. The van der Waals surface area contributed by atoms with Crippen molar-refractivity contribution in [3.63, 3.8) is 0 Å². The Balaban J connectivity index is 1.96. The number of carbonyl (C=O) groups excluding carboxylic acids is 2. The molecule has 1 rings (SSSR count). The lowest BCUT2D eigenvalue weighted by molar-refractivity contribution is -0.123. The van der Waals surface area contributed by atoms with E-state index in [1.807, 2.05) is 7.05 Å². The number of carbonyl (C=O) groups is 2. The van der Waals surface area contributed by atoms with Crippen LogP contribution >= 0.6 is 0 Å². The van der Waals surface area contributed by atoms with Crippen molar-refractivity contribution in [3.05, 3.63) is 0 Å². The molecule has 5 heteroatoms. The topological polar surface area (TPSA) is 70.2 Å². The highest BCUT2D eigenvalue weighted by molar-refractivity contribution is 5.77. The number of rotatable bonds is 8. The first-order valence-electron chi connectivity index (χ1n) is 6.90. The number of amides is 2. The van der Waals surface area contributed by atoms with Crippen LogP contribution in [0.5, 0.6) is 0 Å². The van der Waals surface area contributed by atoms with E-state index in [0.29, 0.717) is 38.4 Å². The largest absolute Gasteiger partial charge is 0.354 e. The Kier molecular flexibility index (Phi) is 7.41. The fourth-order valence-corrected chi connectivity index (χ4v) is 2.28. The Hall–Kier alpha value is -1.10. The van der Waals surface area contributed by atoms with Crippen LogP contribution in [0.4, 0.5) is 0 Å². The Labute approximate surface area is 109 Å². The first-order chi connectivity index (χ1) is 8.72. The summed E-state index contributed by atoms with van der Waals surface area (Å²) in [4.78, 5) is 22.8. The van der Waals surface area contributed by atoms with Gasteiger partial charge in [-0.05, 0) is 25.8 Å². The monoisotopic (exact) mass is 255 g/mol. The molecule has 0 heterocycles. The van der Waals surface area contributed by atoms with Crippen molar-refractivity contribution in [2.24, 2.45) is 5.92 Å². The zero-order chi connectivity index (χ0) is 13.2. The lowest BCUT2D eigenvalue weighted by Gasteiger charge is -2.10. The molecule has 0 saturated heterocycles. The van der Waals surface area contributed by atoms with Crippen molar-refractivity contribution in [1.82, 2.24) is 16.0 Å². The second kappa shape index (κ2) is 8.91. The van der Waals surface area contributed by atoms with Crippen molar-refractivity contribution >= 4 is 11.8 Å². The van der Waals surface area contributed by atoms with Crippen molar-refractivity contribution in [2.75, 3.05) is 26.7 Å². The molecule has 18 heavy (non-hydrogen) atoms. The Morgan fingerprint density at radius 2 is 1.61 bits per heavy atom. The summed E-state index contributed by atoms with van der Waals surface area (Å²) in [6.45, 7) is 1.72. The van der Waals surface area contributed by atoms with Crippen LogP contribution in [-0.4, -0.2) is 38.5 Å². The van der Waals surface area contributed by atoms with Gasteiger partial charge in [0.05, 0.1) is 0 Å². The number of hydrogen-bond donors (Lipinski definition) is 3. The third kappa shape index (κ3) is 6.59. The lowest BCUT2D eigenvalue weighted by Crippen LogP contribution is -2.35. The average molecular weight is 255 g/mol. The van der Waals surface area contributed by atoms with E-state index in [1.54, 1.807) is 0 Å². The summed E-state index contributed by atoms with van der Waals surface area (Å²) in [5.41, 5.74) is 0. The minimum atomic E-state index is 0.0226. The van der Waals surface area contributed by atoms with E-state index in [9.17, 15) is 9.59 Å². The molecule has 1 fully saturated rings. The summed E-state index contributed by atoms with van der Waals surface area (Å²) < 4.78 is 0. The van der Waals surface area contributed by atoms with Gasteiger partial charge < -0.3 is 16.0 Å². The van der Waals surface area contributed by atoms with Crippen LogP contribution in [0.2, 0.25) is 0 Å². The SMILES string of the molecule is CNCCC(=O)NCCNC(=O)CC1CCCC1. The van der Waals surface area contributed by atoms with Gasteiger partial charge in [0.2, 0.25) is 11.8 Å². The molecular formula is C13H25N3O2. The molecule has 2 amide bonds. The van der Waals surface area contributed by atoms with Gasteiger partial charge in [0.1, 0.15) is 0 Å². The highest BCUT2D eigenvalue weighted by atomic mass is 16.2. The maximum atomic E-state index is 11.6. The second-order valence-corrected chi connectivity index (χ2v) is 4.91. The smallest absolute Gasteiger partial charge is 0.221 e. The Morgan fingerprint density at radius 1 is 1.00 bits per heavy atom. The Bertz CT molecular complexity index is 263. The third-order valence-electron chi connectivity index (χ3n) is 3.32. The quantitative estimate of drug-likeness (QED) is 0.550. The highest BCUT2D eigenvalue weighted by Gasteiger charge is 2.17. The molecule has 0 radical (unpaired) electrons. The van der Waals surface area contributed by atoms with Gasteiger partial charge >= 0.3 is 0 Å². The molecule has 0 unspecified atom stereocenters. The normalized spacial score (nSPS) is 15.6. The Morgan fingerprint density at radius 3 is 2.22 bits per heavy atom. The minimum absolute atomic E-state index is 0.0226. The fourth-order valence-electron chi connectivity index (χ4n) is 2.28. The molecule has 5 nitrogen and oxygen atoms in total. The van der Waals surface area contributed by atoms with Crippen LogP contribution in [0.3, 0.4) is 0 Å². The summed E-state index contributed by atoms with van der Waals surface area (Å²) in [5.74, 6) is 0.719. The zero-order valence-corrected chi connectivity index (χ0v) is 11.3. The fraction of sp³-hybridized carbons (Fsp3) is 0.846. The van der Waals surface area contributed by atoms with E-state index in [1.165, 1.54) is 25.7 Å². The third-order valence-corrected chi connectivity index (χ3v) is 3.32. The van der Waals surface area contributed by atoms with E-state index < -0.39 is 0 Å². The first kappa shape index (κ1) is 15.0. The lowest BCUT2D eigenvalue weighted by atomic mass is 10.0. The van der Waals surface area contributed by atoms with Crippen molar-refractivity contribution < 1.29 is 9.59 Å². The van der Waals surface area contributed by atoms with Gasteiger partial charge in [0.15, 0.2) is 0 Å². The highest BCUT2D eigenvalue weighted by Crippen LogP contribution is 2.27. The molecule has 0 aromatic heterocycles.